The Balaban J connectivity index is 2.00. The Morgan fingerprint density at radius 1 is 1.38 bits per heavy atom. The van der Waals surface area contributed by atoms with E-state index in [0.29, 0.717) is 5.56 Å². The van der Waals surface area contributed by atoms with Gasteiger partial charge >= 0.3 is 12.0 Å². The summed E-state index contributed by atoms with van der Waals surface area (Å²) in [6, 6.07) is 0.0451. The van der Waals surface area contributed by atoms with Crippen LogP contribution in [0.4, 0.5) is 4.79 Å². The molecule has 0 bridgehead atoms. The minimum atomic E-state index is -1.14. The fourth-order valence-corrected chi connectivity index (χ4v) is 2.61. The van der Waals surface area contributed by atoms with Crippen LogP contribution in [0.15, 0.2) is 29.2 Å². The molecule has 0 aliphatic heterocycles. The molecular weight excluding hydrogens is 292 g/mol. The number of carbonyl (C=O) groups excluding carboxylic acids is 1. The lowest BCUT2D eigenvalue weighted by atomic mass is 10.1. The zero-order valence-corrected chi connectivity index (χ0v) is 12.4. The second-order valence-electron chi connectivity index (χ2n) is 4.61. The number of aliphatic carboxylic acids is 1. The van der Waals surface area contributed by atoms with Gasteiger partial charge in [-0.2, -0.15) is 16.4 Å². The summed E-state index contributed by atoms with van der Waals surface area (Å²) in [4.78, 5) is 23.2. The van der Waals surface area contributed by atoms with E-state index in [4.69, 9.17) is 0 Å². The van der Waals surface area contributed by atoms with Gasteiger partial charge in [0.15, 0.2) is 6.04 Å². The van der Waals surface area contributed by atoms with E-state index in [9.17, 15) is 14.7 Å². The van der Waals surface area contributed by atoms with Gasteiger partial charge in [0.1, 0.15) is 0 Å². The summed E-state index contributed by atoms with van der Waals surface area (Å²) in [5, 5.41) is 22.1. The van der Waals surface area contributed by atoms with E-state index < -0.39 is 18.0 Å². The Labute approximate surface area is 125 Å². The lowest BCUT2D eigenvalue weighted by Gasteiger charge is -2.17. The predicted molar refractivity (Wildman–Crippen MR) is 78.0 cm³/mol. The fourth-order valence-electron chi connectivity index (χ4n) is 1.85. The maximum Gasteiger partial charge on any atom is 0.331 e. The smallest absolute Gasteiger partial charge is 0.331 e. The molecule has 0 aliphatic rings. The molecule has 2 heterocycles. The summed E-state index contributed by atoms with van der Waals surface area (Å²) in [6.07, 6.45) is 2.97. The number of rotatable bonds is 5. The van der Waals surface area contributed by atoms with Gasteiger partial charge in [-0.15, -0.1) is 0 Å². The summed E-state index contributed by atoms with van der Waals surface area (Å²) in [7, 11) is 1.68. The molecule has 2 amide bonds. The molecule has 0 spiro atoms. The van der Waals surface area contributed by atoms with Crippen LogP contribution in [0, 0.1) is 0 Å². The molecule has 7 nitrogen and oxygen atoms in total. The predicted octanol–water partition coefficient (Wildman–Crippen LogP) is 1.67. The summed E-state index contributed by atoms with van der Waals surface area (Å²) in [6.45, 7) is 1.83. The molecule has 0 radical (unpaired) electrons. The number of carboxylic acid groups (broad SMARTS) is 1. The Hall–Kier alpha value is -2.35. The van der Waals surface area contributed by atoms with Crippen molar-refractivity contribution in [3.63, 3.8) is 0 Å². The van der Waals surface area contributed by atoms with Crippen molar-refractivity contribution < 1.29 is 14.7 Å². The van der Waals surface area contributed by atoms with Crippen LogP contribution in [0.25, 0.3) is 0 Å². The van der Waals surface area contributed by atoms with Crippen molar-refractivity contribution in [1.82, 2.24) is 20.4 Å². The number of carboxylic acids is 1. The first-order chi connectivity index (χ1) is 9.97. The normalized spacial score (nSPS) is 13.4. The molecule has 112 valence electrons. The van der Waals surface area contributed by atoms with Crippen molar-refractivity contribution in [2.75, 3.05) is 0 Å². The molecule has 2 unspecified atom stereocenters. The van der Waals surface area contributed by atoms with Gasteiger partial charge in [-0.25, -0.2) is 9.59 Å². The number of nitrogens with one attached hydrogen (secondary N) is 2. The lowest BCUT2D eigenvalue weighted by Crippen LogP contribution is -2.41. The Bertz CT molecular complexity index is 623. The third-order valence-electron chi connectivity index (χ3n) is 2.97. The largest absolute Gasteiger partial charge is 0.479 e. The van der Waals surface area contributed by atoms with Gasteiger partial charge in [0, 0.05) is 18.8 Å². The second kappa shape index (κ2) is 6.40. The van der Waals surface area contributed by atoms with Gasteiger partial charge in [-0.3, -0.25) is 4.68 Å². The average Bonchev–Trinajstić information content (AvgIpc) is 3.06. The van der Waals surface area contributed by atoms with Gasteiger partial charge in [-0.05, 0) is 29.3 Å². The summed E-state index contributed by atoms with van der Waals surface area (Å²) >= 11 is 1.54. The van der Waals surface area contributed by atoms with Gasteiger partial charge in [0.25, 0.3) is 0 Å². The van der Waals surface area contributed by atoms with Crippen molar-refractivity contribution in [2.45, 2.75) is 19.0 Å². The van der Waals surface area contributed by atoms with Crippen LogP contribution < -0.4 is 10.6 Å². The number of hydrogen-bond donors (Lipinski definition) is 3. The van der Waals surface area contributed by atoms with Crippen LogP contribution in [0.5, 0.6) is 0 Å². The van der Waals surface area contributed by atoms with Crippen LogP contribution in [0.2, 0.25) is 0 Å². The van der Waals surface area contributed by atoms with Crippen molar-refractivity contribution in [2.24, 2.45) is 7.05 Å². The Morgan fingerprint density at radius 3 is 2.67 bits per heavy atom. The highest BCUT2D eigenvalue weighted by molar-refractivity contribution is 7.07. The molecule has 0 saturated carbocycles. The molecule has 2 rings (SSSR count). The third kappa shape index (κ3) is 3.82. The van der Waals surface area contributed by atoms with Gasteiger partial charge < -0.3 is 15.7 Å². The zero-order valence-electron chi connectivity index (χ0n) is 11.6. The number of thiophene rings is 1. The molecule has 2 aromatic rings. The van der Waals surface area contributed by atoms with E-state index in [2.05, 4.69) is 15.7 Å². The standard InChI is InChI=1S/C13H16N4O3S/c1-8(9-3-4-21-7-9)15-13(20)16-11(12(18)19)10-5-14-17(2)6-10/h3-8,11H,1-2H3,(H,18,19)(H2,15,16,20). The van der Waals surface area contributed by atoms with Gasteiger partial charge in [-0.1, -0.05) is 0 Å². The van der Waals surface area contributed by atoms with Crippen LogP contribution in [-0.4, -0.2) is 26.9 Å². The van der Waals surface area contributed by atoms with E-state index in [1.165, 1.54) is 22.2 Å². The molecule has 0 aromatic carbocycles. The van der Waals surface area contributed by atoms with E-state index in [1.54, 1.807) is 13.2 Å². The van der Waals surface area contributed by atoms with Crippen molar-refractivity contribution in [1.29, 1.82) is 0 Å². The van der Waals surface area contributed by atoms with Crippen molar-refractivity contribution >= 4 is 23.3 Å². The first-order valence-corrected chi connectivity index (χ1v) is 7.22. The summed E-state index contributed by atoms with van der Waals surface area (Å²) in [5.74, 6) is -1.14. The van der Waals surface area contributed by atoms with Crippen molar-refractivity contribution in [3.05, 3.63) is 40.3 Å². The highest BCUT2D eigenvalue weighted by Gasteiger charge is 2.24. The number of amides is 2. The molecule has 2 aromatic heterocycles. The third-order valence-corrected chi connectivity index (χ3v) is 3.67. The monoisotopic (exact) mass is 308 g/mol. The van der Waals surface area contributed by atoms with E-state index in [1.807, 2.05) is 23.8 Å². The van der Waals surface area contributed by atoms with Crippen LogP contribution in [0.3, 0.4) is 0 Å². The molecule has 0 aliphatic carbocycles. The first kappa shape index (κ1) is 15.0. The molecular formula is C13H16N4O3S. The maximum absolute atomic E-state index is 11.9. The zero-order chi connectivity index (χ0) is 15.4. The number of aromatic nitrogens is 2. The molecule has 3 N–H and O–H groups in total. The van der Waals surface area contributed by atoms with Gasteiger partial charge in [0.05, 0.1) is 12.2 Å². The van der Waals surface area contributed by atoms with Gasteiger partial charge in [0.2, 0.25) is 0 Å². The van der Waals surface area contributed by atoms with Crippen LogP contribution in [-0.2, 0) is 11.8 Å². The number of urea groups is 1. The topological polar surface area (TPSA) is 96.2 Å². The number of aryl methyl sites for hydroxylation is 1. The number of hydrogen-bond acceptors (Lipinski definition) is 4. The second-order valence-corrected chi connectivity index (χ2v) is 5.39. The first-order valence-electron chi connectivity index (χ1n) is 6.28. The van der Waals surface area contributed by atoms with E-state index in [0.717, 1.165) is 5.56 Å². The van der Waals surface area contributed by atoms with Crippen LogP contribution in [0.1, 0.15) is 30.1 Å². The summed E-state index contributed by atoms with van der Waals surface area (Å²) < 4.78 is 1.48. The SMILES string of the molecule is CC(NC(=O)NC(C(=O)O)c1cnn(C)c1)c1ccsc1. The highest BCUT2D eigenvalue weighted by Crippen LogP contribution is 2.16. The Morgan fingerprint density at radius 2 is 2.14 bits per heavy atom. The minimum absolute atomic E-state index is 0.195. The van der Waals surface area contributed by atoms with E-state index in [-0.39, 0.29) is 6.04 Å². The molecule has 0 fully saturated rings. The number of carbonyl (C=O) groups is 2. The fraction of sp³-hybridized carbons (Fsp3) is 0.308. The lowest BCUT2D eigenvalue weighted by molar-refractivity contribution is -0.139. The minimum Gasteiger partial charge on any atom is -0.479 e. The molecule has 2 atom stereocenters. The summed E-state index contributed by atoms with van der Waals surface area (Å²) in [5.41, 5.74) is 1.40. The van der Waals surface area contributed by atoms with Crippen molar-refractivity contribution in [3.8, 4) is 0 Å². The highest BCUT2D eigenvalue weighted by atomic mass is 32.1. The average molecular weight is 308 g/mol. The quantitative estimate of drug-likeness (QED) is 0.783. The maximum atomic E-state index is 11.9. The van der Waals surface area contributed by atoms with E-state index >= 15 is 0 Å². The number of nitrogens with zero attached hydrogens (tertiary/aromatic N) is 2. The Kier molecular flexibility index (Phi) is 4.59. The molecule has 21 heavy (non-hydrogen) atoms. The molecule has 8 heteroatoms. The molecule has 0 saturated heterocycles. The van der Waals surface area contributed by atoms with Crippen LogP contribution >= 0.6 is 11.3 Å².